The SMILES string of the molecule is O=C(c1cccc(C(F)(F)F)c1Cl)N1[C@H]2CCC[C@H]1c1nnc(-c3ncc(F)cn3)n1C2. The van der Waals surface area contributed by atoms with Crippen molar-refractivity contribution in [2.75, 3.05) is 0 Å². The molecule has 2 bridgehead atoms. The predicted octanol–water partition coefficient (Wildman–Crippen LogP) is 4.30. The van der Waals surface area contributed by atoms with Crippen LogP contribution in [0.25, 0.3) is 11.6 Å². The average molecular weight is 467 g/mol. The molecule has 4 heterocycles. The highest BCUT2D eigenvalue weighted by Gasteiger charge is 2.44. The third kappa shape index (κ3) is 3.31. The van der Waals surface area contributed by atoms with Gasteiger partial charge in [0, 0.05) is 6.54 Å². The van der Waals surface area contributed by atoms with E-state index in [9.17, 15) is 22.4 Å². The number of carbonyl (C=O) groups is 1. The molecular formula is C20H15ClF4N6O. The minimum atomic E-state index is -4.67. The molecule has 1 saturated heterocycles. The van der Waals surface area contributed by atoms with E-state index in [0.717, 1.165) is 24.9 Å². The molecule has 166 valence electrons. The highest BCUT2D eigenvalue weighted by Crippen LogP contribution is 2.42. The van der Waals surface area contributed by atoms with Crippen LogP contribution in [0.2, 0.25) is 5.02 Å². The van der Waals surface area contributed by atoms with E-state index in [1.807, 2.05) is 0 Å². The zero-order chi connectivity index (χ0) is 22.6. The van der Waals surface area contributed by atoms with E-state index in [4.69, 9.17) is 11.6 Å². The molecule has 2 atom stereocenters. The standard InChI is InChI=1S/C20H15ClF4N6O/c21-15-12(4-2-5-13(15)20(23,24)25)19(32)31-11-3-1-6-14(31)17-28-29-18(30(17)9-11)16-26-7-10(22)8-27-16/h2,4-5,7-8,11,14H,1,3,6,9H2/t11-,14-/m0/s1. The van der Waals surface area contributed by atoms with Crippen LogP contribution in [0, 0.1) is 5.82 Å². The fraction of sp³-hybridized carbons (Fsp3) is 0.350. The Bertz CT molecular complexity index is 1200. The fourth-order valence-corrected chi connectivity index (χ4v) is 4.73. The van der Waals surface area contributed by atoms with Gasteiger partial charge in [-0.25, -0.2) is 14.4 Å². The highest BCUT2D eigenvalue weighted by atomic mass is 35.5. The Morgan fingerprint density at radius 1 is 1.12 bits per heavy atom. The molecule has 2 aliphatic rings. The van der Waals surface area contributed by atoms with Gasteiger partial charge in [0.25, 0.3) is 5.91 Å². The Morgan fingerprint density at radius 2 is 1.88 bits per heavy atom. The van der Waals surface area contributed by atoms with Crippen molar-refractivity contribution < 1.29 is 22.4 Å². The summed E-state index contributed by atoms with van der Waals surface area (Å²) in [5.74, 6) is -0.131. The molecular weight excluding hydrogens is 452 g/mol. The molecule has 1 aromatic carbocycles. The molecule has 2 aromatic heterocycles. The number of carbonyl (C=O) groups excluding carboxylic acids is 1. The maximum absolute atomic E-state index is 13.4. The molecule has 3 aromatic rings. The minimum absolute atomic E-state index is 0.198. The first-order valence-corrected chi connectivity index (χ1v) is 10.2. The van der Waals surface area contributed by atoms with Gasteiger partial charge in [-0.15, -0.1) is 10.2 Å². The molecule has 5 rings (SSSR count). The Morgan fingerprint density at radius 3 is 2.59 bits per heavy atom. The van der Waals surface area contributed by atoms with Gasteiger partial charge in [-0.3, -0.25) is 4.79 Å². The zero-order valence-electron chi connectivity index (χ0n) is 16.4. The molecule has 7 nitrogen and oxygen atoms in total. The first kappa shape index (κ1) is 20.8. The summed E-state index contributed by atoms with van der Waals surface area (Å²) in [7, 11) is 0. The van der Waals surface area contributed by atoms with Crippen LogP contribution in [-0.4, -0.2) is 41.6 Å². The number of nitrogens with zero attached hydrogens (tertiary/aromatic N) is 6. The third-order valence-electron chi connectivity index (χ3n) is 5.80. The van der Waals surface area contributed by atoms with Crippen LogP contribution in [0.1, 0.15) is 47.1 Å². The molecule has 1 amide bonds. The maximum Gasteiger partial charge on any atom is 0.417 e. The molecule has 0 unspecified atom stereocenters. The van der Waals surface area contributed by atoms with Gasteiger partial charge in [-0.1, -0.05) is 17.7 Å². The van der Waals surface area contributed by atoms with Crippen molar-refractivity contribution in [1.29, 1.82) is 0 Å². The van der Waals surface area contributed by atoms with E-state index in [-0.39, 0.29) is 17.4 Å². The molecule has 32 heavy (non-hydrogen) atoms. The largest absolute Gasteiger partial charge is 0.417 e. The lowest BCUT2D eigenvalue weighted by Crippen LogP contribution is -2.52. The predicted molar refractivity (Wildman–Crippen MR) is 104 cm³/mol. The number of fused-ring (bicyclic) bond motifs is 4. The molecule has 12 heteroatoms. The second-order valence-corrected chi connectivity index (χ2v) is 8.07. The molecule has 0 saturated carbocycles. The van der Waals surface area contributed by atoms with Crippen molar-refractivity contribution >= 4 is 17.5 Å². The second-order valence-electron chi connectivity index (χ2n) is 7.70. The number of benzene rings is 1. The smallest absolute Gasteiger partial charge is 0.324 e. The number of hydrogen-bond donors (Lipinski definition) is 0. The third-order valence-corrected chi connectivity index (χ3v) is 6.21. The summed E-state index contributed by atoms with van der Waals surface area (Å²) in [6.45, 7) is 0.317. The van der Waals surface area contributed by atoms with Gasteiger partial charge < -0.3 is 9.47 Å². The molecule has 0 spiro atoms. The van der Waals surface area contributed by atoms with Crippen LogP contribution in [0.3, 0.4) is 0 Å². The first-order valence-electron chi connectivity index (χ1n) is 9.85. The van der Waals surface area contributed by atoms with Gasteiger partial charge in [0.15, 0.2) is 17.5 Å². The topological polar surface area (TPSA) is 76.8 Å². The molecule has 2 aliphatic heterocycles. The van der Waals surface area contributed by atoms with E-state index < -0.39 is 34.5 Å². The number of piperidine rings is 1. The van der Waals surface area contributed by atoms with Crippen LogP contribution < -0.4 is 0 Å². The Labute approximate surface area is 184 Å². The lowest BCUT2D eigenvalue weighted by Gasteiger charge is -2.45. The Hall–Kier alpha value is -3.08. The summed E-state index contributed by atoms with van der Waals surface area (Å²) in [6, 6.07) is 2.54. The van der Waals surface area contributed by atoms with Crippen LogP contribution in [0.15, 0.2) is 30.6 Å². The van der Waals surface area contributed by atoms with Crippen LogP contribution >= 0.6 is 11.6 Å². The Balaban J connectivity index is 1.54. The number of halogens is 5. The van der Waals surface area contributed by atoms with Crippen LogP contribution in [0.4, 0.5) is 17.6 Å². The monoisotopic (exact) mass is 466 g/mol. The zero-order valence-corrected chi connectivity index (χ0v) is 17.1. The van der Waals surface area contributed by atoms with Gasteiger partial charge >= 0.3 is 6.18 Å². The summed E-state index contributed by atoms with van der Waals surface area (Å²) in [5, 5.41) is 7.74. The van der Waals surface area contributed by atoms with Crippen LogP contribution in [0.5, 0.6) is 0 Å². The van der Waals surface area contributed by atoms with Crippen LogP contribution in [-0.2, 0) is 12.7 Å². The van der Waals surface area contributed by atoms with Gasteiger partial charge in [0.05, 0.1) is 40.6 Å². The van der Waals surface area contributed by atoms with Crippen molar-refractivity contribution in [3.8, 4) is 11.6 Å². The van der Waals surface area contributed by atoms with Gasteiger partial charge in [-0.05, 0) is 31.4 Å². The lowest BCUT2D eigenvalue weighted by molar-refractivity contribution is -0.137. The van der Waals surface area contributed by atoms with Gasteiger partial charge in [-0.2, -0.15) is 13.2 Å². The van der Waals surface area contributed by atoms with E-state index in [2.05, 4.69) is 20.2 Å². The van der Waals surface area contributed by atoms with Crippen molar-refractivity contribution in [3.05, 3.63) is 58.4 Å². The highest BCUT2D eigenvalue weighted by molar-refractivity contribution is 6.34. The van der Waals surface area contributed by atoms with E-state index in [0.29, 0.717) is 31.0 Å². The lowest BCUT2D eigenvalue weighted by atomic mass is 9.90. The number of hydrogen-bond acceptors (Lipinski definition) is 5. The van der Waals surface area contributed by atoms with E-state index in [1.54, 1.807) is 9.47 Å². The molecule has 0 radical (unpaired) electrons. The van der Waals surface area contributed by atoms with Crippen molar-refractivity contribution in [1.82, 2.24) is 29.6 Å². The summed E-state index contributed by atoms with van der Waals surface area (Å²) < 4.78 is 54.8. The number of aromatic nitrogens is 5. The summed E-state index contributed by atoms with van der Waals surface area (Å²) in [5.41, 5.74) is -1.25. The van der Waals surface area contributed by atoms with Gasteiger partial charge in [0.1, 0.15) is 0 Å². The number of alkyl halides is 3. The second kappa shape index (κ2) is 7.51. The fourth-order valence-electron chi connectivity index (χ4n) is 4.42. The summed E-state index contributed by atoms with van der Waals surface area (Å²) >= 11 is 6.01. The maximum atomic E-state index is 13.4. The molecule has 0 aliphatic carbocycles. The van der Waals surface area contributed by atoms with E-state index >= 15 is 0 Å². The average Bonchev–Trinajstić information content (AvgIpc) is 3.16. The van der Waals surface area contributed by atoms with Crippen molar-refractivity contribution in [2.45, 2.75) is 44.1 Å². The van der Waals surface area contributed by atoms with Crippen molar-refractivity contribution in [3.63, 3.8) is 0 Å². The first-order chi connectivity index (χ1) is 15.3. The Kier molecular flexibility index (Phi) is 4.88. The van der Waals surface area contributed by atoms with E-state index in [1.165, 1.54) is 12.1 Å². The summed E-state index contributed by atoms with van der Waals surface area (Å²) in [4.78, 5) is 22.9. The molecule has 1 fully saturated rings. The molecule has 0 N–H and O–H groups in total. The number of amides is 1. The quantitative estimate of drug-likeness (QED) is 0.526. The number of rotatable bonds is 2. The summed E-state index contributed by atoms with van der Waals surface area (Å²) in [6.07, 6.45) is -0.570. The van der Waals surface area contributed by atoms with Gasteiger partial charge in [0.2, 0.25) is 5.82 Å². The normalized spacial score (nSPS) is 20.2. The minimum Gasteiger partial charge on any atom is -0.324 e. The van der Waals surface area contributed by atoms with Crippen molar-refractivity contribution in [2.24, 2.45) is 0 Å².